The third-order valence-corrected chi connectivity index (χ3v) is 2.23. The molecule has 0 aromatic heterocycles. The number of methoxy groups -OCH3 is 1. The molecular formula is C14H23FO. The zero-order chi connectivity index (χ0) is 12.2. The first-order valence-corrected chi connectivity index (χ1v) is 6.06. The third kappa shape index (κ3) is 7.41. The van der Waals surface area contributed by atoms with Crippen LogP contribution in [0.2, 0.25) is 0 Å². The number of unbranched alkanes of at least 4 members (excludes halogenated alkanes) is 2. The fourth-order valence-electron chi connectivity index (χ4n) is 1.40. The number of rotatable bonds is 6. The van der Waals surface area contributed by atoms with Crippen molar-refractivity contribution in [1.82, 2.24) is 0 Å². The van der Waals surface area contributed by atoms with Gasteiger partial charge < -0.3 is 4.74 Å². The maximum atomic E-state index is 12.6. The molecule has 1 aromatic carbocycles. The first-order chi connectivity index (χ1) is 7.83. The molecule has 1 rings (SSSR count). The smallest absolute Gasteiger partial charge is 0.123 e. The normalized spacial score (nSPS) is 9.50. The molecule has 0 saturated heterocycles. The summed E-state index contributed by atoms with van der Waals surface area (Å²) in [6.45, 7) is 4.84. The minimum atomic E-state index is -0.159. The van der Waals surface area contributed by atoms with Crippen LogP contribution in [0.4, 0.5) is 4.39 Å². The summed E-state index contributed by atoms with van der Waals surface area (Å²) in [5, 5.41) is 0. The summed E-state index contributed by atoms with van der Waals surface area (Å²) in [6, 6.07) is 6.74. The zero-order valence-corrected chi connectivity index (χ0v) is 10.6. The SMILES string of the molecule is CC.COCCCCCc1ccc(F)cc1. The van der Waals surface area contributed by atoms with Crippen LogP contribution in [-0.4, -0.2) is 13.7 Å². The van der Waals surface area contributed by atoms with E-state index in [-0.39, 0.29) is 5.82 Å². The van der Waals surface area contributed by atoms with Crippen LogP contribution >= 0.6 is 0 Å². The number of halogens is 1. The van der Waals surface area contributed by atoms with E-state index in [2.05, 4.69) is 0 Å². The van der Waals surface area contributed by atoms with Crippen molar-refractivity contribution in [3.63, 3.8) is 0 Å². The van der Waals surface area contributed by atoms with Crippen LogP contribution in [0.1, 0.15) is 38.7 Å². The summed E-state index contributed by atoms with van der Waals surface area (Å²) in [5.41, 5.74) is 1.21. The molecule has 0 N–H and O–H groups in total. The summed E-state index contributed by atoms with van der Waals surface area (Å²) < 4.78 is 17.5. The molecule has 0 bridgehead atoms. The van der Waals surface area contributed by atoms with Gasteiger partial charge in [0.05, 0.1) is 0 Å². The topological polar surface area (TPSA) is 9.23 Å². The predicted octanol–water partition coefficient (Wildman–Crippen LogP) is 4.21. The van der Waals surface area contributed by atoms with E-state index in [1.165, 1.54) is 24.1 Å². The lowest BCUT2D eigenvalue weighted by molar-refractivity contribution is 0.192. The lowest BCUT2D eigenvalue weighted by Crippen LogP contribution is -1.90. The third-order valence-electron chi connectivity index (χ3n) is 2.23. The highest BCUT2D eigenvalue weighted by Crippen LogP contribution is 2.07. The predicted molar refractivity (Wildman–Crippen MR) is 67.2 cm³/mol. The van der Waals surface area contributed by atoms with E-state index in [1.54, 1.807) is 7.11 Å². The van der Waals surface area contributed by atoms with Crippen LogP contribution < -0.4 is 0 Å². The highest BCUT2D eigenvalue weighted by atomic mass is 19.1. The van der Waals surface area contributed by atoms with Gasteiger partial charge in [0.1, 0.15) is 5.82 Å². The Labute approximate surface area is 98.6 Å². The van der Waals surface area contributed by atoms with E-state index in [9.17, 15) is 4.39 Å². The first kappa shape index (κ1) is 15.1. The Kier molecular flexibility index (Phi) is 10.0. The summed E-state index contributed by atoms with van der Waals surface area (Å²) in [4.78, 5) is 0. The van der Waals surface area contributed by atoms with Gasteiger partial charge in [-0.05, 0) is 37.0 Å². The number of benzene rings is 1. The largest absolute Gasteiger partial charge is 0.385 e. The van der Waals surface area contributed by atoms with E-state index in [4.69, 9.17) is 4.74 Å². The van der Waals surface area contributed by atoms with Gasteiger partial charge in [0.2, 0.25) is 0 Å². The average Bonchev–Trinajstić information content (AvgIpc) is 2.34. The monoisotopic (exact) mass is 226 g/mol. The molecule has 0 heterocycles. The Balaban J connectivity index is 0.00000106. The number of ether oxygens (including phenoxy) is 1. The fraction of sp³-hybridized carbons (Fsp3) is 0.571. The van der Waals surface area contributed by atoms with Crippen LogP contribution in [0.15, 0.2) is 24.3 Å². The van der Waals surface area contributed by atoms with Crippen LogP contribution in [0.5, 0.6) is 0 Å². The molecule has 0 fully saturated rings. The van der Waals surface area contributed by atoms with Gasteiger partial charge in [-0.1, -0.05) is 32.4 Å². The molecule has 1 aromatic rings. The summed E-state index contributed by atoms with van der Waals surface area (Å²) in [6.07, 6.45) is 4.46. The van der Waals surface area contributed by atoms with Crippen LogP contribution in [0, 0.1) is 5.82 Å². The van der Waals surface area contributed by atoms with Gasteiger partial charge in [0.25, 0.3) is 0 Å². The van der Waals surface area contributed by atoms with Gasteiger partial charge in [0, 0.05) is 13.7 Å². The molecule has 0 aliphatic rings. The maximum Gasteiger partial charge on any atom is 0.123 e. The average molecular weight is 226 g/mol. The van der Waals surface area contributed by atoms with Gasteiger partial charge in [-0.3, -0.25) is 0 Å². The maximum absolute atomic E-state index is 12.6. The minimum absolute atomic E-state index is 0.159. The summed E-state index contributed by atoms with van der Waals surface area (Å²) >= 11 is 0. The van der Waals surface area contributed by atoms with Crippen molar-refractivity contribution in [2.45, 2.75) is 39.5 Å². The van der Waals surface area contributed by atoms with Gasteiger partial charge in [0.15, 0.2) is 0 Å². The van der Waals surface area contributed by atoms with E-state index in [0.29, 0.717) is 0 Å². The molecule has 1 nitrogen and oxygen atoms in total. The van der Waals surface area contributed by atoms with Crippen molar-refractivity contribution in [2.75, 3.05) is 13.7 Å². The standard InChI is InChI=1S/C12H17FO.C2H6/c1-14-10-4-2-3-5-11-6-8-12(13)9-7-11;1-2/h6-9H,2-5,10H2,1H3;1-2H3. The quantitative estimate of drug-likeness (QED) is 0.660. The second-order valence-electron chi connectivity index (χ2n) is 3.43. The highest BCUT2D eigenvalue weighted by Gasteiger charge is 1.94. The Morgan fingerprint density at radius 1 is 1.00 bits per heavy atom. The minimum Gasteiger partial charge on any atom is -0.385 e. The molecule has 0 aliphatic carbocycles. The Bertz CT molecular complexity index is 243. The van der Waals surface area contributed by atoms with E-state index in [1.807, 2.05) is 26.0 Å². The molecule has 16 heavy (non-hydrogen) atoms. The highest BCUT2D eigenvalue weighted by molar-refractivity contribution is 5.15. The molecule has 2 heteroatoms. The molecule has 0 amide bonds. The number of aryl methyl sites for hydroxylation is 1. The fourth-order valence-corrected chi connectivity index (χ4v) is 1.40. The lowest BCUT2D eigenvalue weighted by Gasteiger charge is -2.01. The summed E-state index contributed by atoms with van der Waals surface area (Å²) in [5.74, 6) is -0.159. The lowest BCUT2D eigenvalue weighted by atomic mass is 10.1. The van der Waals surface area contributed by atoms with Crippen molar-refractivity contribution in [3.8, 4) is 0 Å². The summed E-state index contributed by atoms with van der Waals surface area (Å²) in [7, 11) is 1.72. The molecule has 0 atom stereocenters. The van der Waals surface area contributed by atoms with Gasteiger partial charge in [-0.25, -0.2) is 4.39 Å². The van der Waals surface area contributed by atoms with Gasteiger partial charge in [-0.2, -0.15) is 0 Å². The Morgan fingerprint density at radius 2 is 1.62 bits per heavy atom. The second-order valence-corrected chi connectivity index (χ2v) is 3.43. The molecule has 92 valence electrons. The van der Waals surface area contributed by atoms with E-state index >= 15 is 0 Å². The Hall–Kier alpha value is -0.890. The van der Waals surface area contributed by atoms with Crippen molar-refractivity contribution in [2.24, 2.45) is 0 Å². The zero-order valence-electron chi connectivity index (χ0n) is 10.6. The van der Waals surface area contributed by atoms with Crippen LogP contribution in [-0.2, 0) is 11.2 Å². The van der Waals surface area contributed by atoms with Gasteiger partial charge >= 0.3 is 0 Å². The molecular weight excluding hydrogens is 203 g/mol. The van der Waals surface area contributed by atoms with E-state index in [0.717, 1.165) is 25.9 Å². The molecule has 0 aliphatic heterocycles. The van der Waals surface area contributed by atoms with Crippen LogP contribution in [0.25, 0.3) is 0 Å². The molecule has 0 spiro atoms. The van der Waals surface area contributed by atoms with Crippen molar-refractivity contribution >= 4 is 0 Å². The number of hydrogen-bond acceptors (Lipinski definition) is 1. The van der Waals surface area contributed by atoms with Crippen LogP contribution in [0.3, 0.4) is 0 Å². The molecule has 0 unspecified atom stereocenters. The number of hydrogen-bond donors (Lipinski definition) is 0. The Morgan fingerprint density at radius 3 is 2.19 bits per heavy atom. The van der Waals surface area contributed by atoms with Crippen molar-refractivity contribution in [3.05, 3.63) is 35.6 Å². The van der Waals surface area contributed by atoms with Crippen molar-refractivity contribution < 1.29 is 9.13 Å². The second kappa shape index (κ2) is 10.6. The van der Waals surface area contributed by atoms with E-state index < -0.39 is 0 Å². The van der Waals surface area contributed by atoms with Crippen molar-refractivity contribution in [1.29, 1.82) is 0 Å². The molecule has 0 saturated carbocycles. The van der Waals surface area contributed by atoms with Gasteiger partial charge in [-0.15, -0.1) is 0 Å². The molecule has 0 radical (unpaired) electrons. The first-order valence-electron chi connectivity index (χ1n) is 6.06.